The number of hydrogen-bond acceptors (Lipinski definition) is 4. The Morgan fingerprint density at radius 2 is 1.81 bits per heavy atom. The molecule has 0 aromatic heterocycles. The Hall–Kier alpha value is -1.90. The number of carbonyl (C=O) groups excluding carboxylic acids is 1. The second kappa shape index (κ2) is 7.77. The fraction of sp³-hybridized carbons (Fsp3) is 0.278. The summed E-state index contributed by atoms with van der Waals surface area (Å²) in [6.45, 7) is 2.77. The molecule has 1 unspecified atom stereocenters. The quantitative estimate of drug-likeness (QED) is 0.751. The molecule has 26 heavy (non-hydrogen) atoms. The first-order valence-corrected chi connectivity index (χ1v) is 10.5. The zero-order chi connectivity index (χ0) is 18.7. The molecule has 0 spiro atoms. The lowest BCUT2D eigenvalue weighted by atomic mass is 10.3. The van der Waals surface area contributed by atoms with E-state index >= 15 is 0 Å². The van der Waals surface area contributed by atoms with Gasteiger partial charge in [-0.1, -0.05) is 15.9 Å². The van der Waals surface area contributed by atoms with Gasteiger partial charge in [0.25, 0.3) is 0 Å². The number of rotatable bonds is 6. The first kappa shape index (κ1) is 18.9. The lowest BCUT2D eigenvalue weighted by Gasteiger charge is -2.18. The fourth-order valence-electron chi connectivity index (χ4n) is 2.83. The van der Waals surface area contributed by atoms with Crippen molar-refractivity contribution >= 4 is 37.5 Å². The van der Waals surface area contributed by atoms with Gasteiger partial charge < -0.3 is 9.64 Å². The van der Waals surface area contributed by atoms with Gasteiger partial charge in [0, 0.05) is 29.2 Å². The molecule has 2 aromatic carbocycles. The number of nitrogens with zero attached hydrogens (tertiary/aromatic N) is 1. The molecule has 1 atom stereocenters. The third kappa shape index (κ3) is 4.25. The van der Waals surface area contributed by atoms with Gasteiger partial charge in [-0.2, -0.15) is 0 Å². The summed E-state index contributed by atoms with van der Waals surface area (Å²) in [5, 5.41) is 0. The molecule has 0 saturated carbocycles. The van der Waals surface area contributed by atoms with Crippen molar-refractivity contribution in [3.63, 3.8) is 0 Å². The molecule has 2 aromatic rings. The summed E-state index contributed by atoms with van der Waals surface area (Å²) >= 11 is 3.28. The number of halogens is 1. The molecule has 1 amide bonds. The van der Waals surface area contributed by atoms with Gasteiger partial charge in [-0.15, -0.1) is 0 Å². The van der Waals surface area contributed by atoms with Crippen molar-refractivity contribution in [2.75, 3.05) is 18.1 Å². The van der Waals surface area contributed by atoms with E-state index in [9.17, 15) is 13.2 Å². The van der Waals surface area contributed by atoms with Crippen LogP contribution in [-0.4, -0.2) is 33.5 Å². The average molecular weight is 439 g/mol. The Balaban J connectivity index is 1.70. The van der Waals surface area contributed by atoms with E-state index in [0.29, 0.717) is 13.2 Å². The molecule has 0 radical (unpaired) electrons. The third-order valence-corrected chi connectivity index (χ3v) is 6.10. The number of nitrogens with one attached hydrogen (secondary N) is 1. The van der Waals surface area contributed by atoms with Gasteiger partial charge in [0.2, 0.25) is 15.9 Å². The Morgan fingerprint density at radius 3 is 2.42 bits per heavy atom. The third-order valence-electron chi connectivity index (χ3n) is 4.03. The summed E-state index contributed by atoms with van der Waals surface area (Å²) < 4.78 is 33.8. The lowest BCUT2D eigenvalue weighted by molar-refractivity contribution is -0.117. The number of sulfonamides is 1. The van der Waals surface area contributed by atoms with Crippen LogP contribution in [0.3, 0.4) is 0 Å². The maximum Gasteiger partial charge on any atom is 0.240 e. The number of anilines is 1. The number of ether oxygens (including phenoxy) is 1. The van der Waals surface area contributed by atoms with Gasteiger partial charge in [0.05, 0.1) is 11.5 Å². The van der Waals surface area contributed by atoms with Gasteiger partial charge in [-0.3, -0.25) is 4.79 Å². The van der Waals surface area contributed by atoms with Crippen LogP contribution in [0.25, 0.3) is 0 Å². The highest BCUT2D eigenvalue weighted by molar-refractivity contribution is 9.10. The van der Waals surface area contributed by atoms with Gasteiger partial charge in [-0.25, -0.2) is 13.1 Å². The summed E-state index contributed by atoms with van der Waals surface area (Å²) in [6, 6.07) is 13.1. The van der Waals surface area contributed by atoms with E-state index in [2.05, 4.69) is 20.7 Å². The molecule has 1 aliphatic heterocycles. The van der Waals surface area contributed by atoms with Crippen LogP contribution < -0.4 is 14.4 Å². The van der Waals surface area contributed by atoms with Gasteiger partial charge in [0.15, 0.2) is 0 Å². The number of amides is 1. The fourth-order valence-corrected chi connectivity index (χ4v) is 4.32. The van der Waals surface area contributed by atoms with E-state index in [0.717, 1.165) is 15.9 Å². The summed E-state index contributed by atoms with van der Waals surface area (Å²) in [4.78, 5) is 14.1. The molecule has 0 aliphatic carbocycles. The van der Waals surface area contributed by atoms with Crippen LogP contribution in [0.2, 0.25) is 0 Å². The zero-order valence-corrected chi connectivity index (χ0v) is 16.6. The second-order valence-electron chi connectivity index (χ2n) is 5.91. The molecule has 0 bridgehead atoms. The van der Waals surface area contributed by atoms with E-state index < -0.39 is 16.1 Å². The highest BCUT2D eigenvalue weighted by Crippen LogP contribution is 2.25. The molecular formula is C18H19BrN2O4S. The Labute approximate surface area is 161 Å². The Morgan fingerprint density at radius 1 is 1.15 bits per heavy atom. The maximum atomic E-state index is 12.5. The minimum absolute atomic E-state index is 0.113. The summed E-state index contributed by atoms with van der Waals surface area (Å²) in [6.07, 6.45) is 0.128. The van der Waals surface area contributed by atoms with E-state index in [1.807, 2.05) is 6.92 Å². The summed E-state index contributed by atoms with van der Waals surface area (Å²) in [5.74, 6) is 0.619. The molecule has 1 saturated heterocycles. The van der Waals surface area contributed by atoms with Gasteiger partial charge in [-0.05, 0) is 55.5 Å². The van der Waals surface area contributed by atoms with Crippen LogP contribution in [-0.2, 0) is 14.8 Å². The normalized spacial score (nSPS) is 17.5. The van der Waals surface area contributed by atoms with Crippen LogP contribution in [0.1, 0.15) is 13.3 Å². The molecule has 1 fully saturated rings. The molecule has 1 N–H and O–H groups in total. The predicted octanol–water partition coefficient (Wildman–Crippen LogP) is 2.93. The number of benzene rings is 2. The second-order valence-corrected chi connectivity index (χ2v) is 8.54. The van der Waals surface area contributed by atoms with Crippen molar-refractivity contribution in [3.8, 4) is 5.75 Å². The average Bonchev–Trinajstić information content (AvgIpc) is 2.96. The van der Waals surface area contributed by atoms with Gasteiger partial charge in [0.1, 0.15) is 5.75 Å². The van der Waals surface area contributed by atoms with Crippen LogP contribution in [0.5, 0.6) is 5.75 Å². The van der Waals surface area contributed by atoms with E-state index in [-0.39, 0.29) is 17.2 Å². The largest absolute Gasteiger partial charge is 0.494 e. The summed E-state index contributed by atoms with van der Waals surface area (Å²) in [5.41, 5.74) is 0.726. The summed E-state index contributed by atoms with van der Waals surface area (Å²) in [7, 11) is -3.67. The maximum absolute atomic E-state index is 12.5. The Kier molecular flexibility index (Phi) is 5.64. The van der Waals surface area contributed by atoms with Crippen molar-refractivity contribution in [1.29, 1.82) is 0 Å². The lowest BCUT2D eigenvalue weighted by Crippen LogP contribution is -2.37. The standard InChI is InChI=1S/C18H19BrN2O4S/c1-2-25-16-7-5-15(6-8-16)21-12-14(11-18(21)22)20-26(23,24)17-9-3-13(19)4-10-17/h3-10,14,20H,2,11-12H2,1H3. The Bertz CT molecular complexity index is 882. The minimum atomic E-state index is -3.67. The first-order valence-electron chi connectivity index (χ1n) is 8.20. The SMILES string of the molecule is CCOc1ccc(N2CC(NS(=O)(=O)c3ccc(Br)cc3)CC2=O)cc1. The molecule has 3 rings (SSSR count). The van der Waals surface area contributed by atoms with Crippen molar-refractivity contribution < 1.29 is 17.9 Å². The topological polar surface area (TPSA) is 75.7 Å². The highest BCUT2D eigenvalue weighted by Gasteiger charge is 2.33. The molecule has 138 valence electrons. The van der Waals surface area contributed by atoms with Crippen molar-refractivity contribution in [3.05, 3.63) is 53.0 Å². The van der Waals surface area contributed by atoms with Gasteiger partial charge >= 0.3 is 0 Å². The smallest absolute Gasteiger partial charge is 0.240 e. The zero-order valence-electron chi connectivity index (χ0n) is 14.2. The van der Waals surface area contributed by atoms with Crippen molar-refractivity contribution in [2.45, 2.75) is 24.3 Å². The number of hydrogen-bond donors (Lipinski definition) is 1. The van der Waals surface area contributed by atoms with Crippen LogP contribution in [0, 0.1) is 0 Å². The molecule has 1 aliphatic rings. The van der Waals surface area contributed by atoms with E-state index in [1.54, 1.807) is 41.3 Å². The molecule has 8 heteroatoms. The monoisotopic (exact) mass is 438 g/mol. The first-order chi connectivity index (χ1) is 12.4. The molecule has 1 heterocycles. The number of carbonyl (C=O) groups is 1. The molecular weight excluding hydrogens is 420 g/mol. The van der Waals surface area contributed by atoms with Crippen LogP contribution >= 0.6 is 15.9 Å². The van der Waals surface area contributed by atoms with E-state index in [4.69, 9.17) is 4.74 Å². The van der Waals surface area contributed by atoms with Crippen LogP contribution in [0.4, 0.5) is 5.69 Å². The van der Waals surface area contributed by atoms with Crippen molar-refractivity contribution in [1.82, 2.24) is 4.72 Å². The predicted molar refractivity (Wildman–Crippen MR) is 103 cm³/mol. The van der Waals surface area contributed by atoms with E-state index in [1.165, 1.54) is 12.1 Å². The molecule has 6 nitrogen and oxygen atoms in total. The minimum Gasteiger partial charge on any atom is -0.494 e. The highest BCUT2D eigenvalue weighted by atomic mass is 79.9. The van der Waals surface area contributed by atoms with Crippen LogP contribution in [0.15, 0.2) is 57.9 Å². The van der Waals surface area contributed by atoms with Crippen molar-refractivity contribution in [2.24, 2.45) is 0 Å².